The van der Waals surface area contributed by atoms with E-state index in [0.29, 0.717) is 11.3 Å². The minimum Gasteiger partial charge on any atom is -0.465 e. The molecule has 0 aliphatic carbocycles. The number of amides is 3. The Balaban J connectivity index is 2.04. The third-order valence-electron chi connectivity index (χ3n) is 3.43. The molecule has 3 amide bonds. The average Bonchev–Trinajstić information content (AvgIpc) is 2.85. The molecule has 7 nitrogen and oxygen atoms in total. The van der Waals surface area contributed by atoms with Crippen molar-refractivity contribution in [2.75, 3.05) is 12.4 Å². The van der Waals surface area contributed by atoms with Crippen molar-refractivity contribution in [3.05, 3.63) is 29.8 Å². The smallest absolute Gasteiger partial charge is 0.337 e. The van der Waals surface area contributed by atoms with Gasteiger partial charge in [0.2, 0.25) is 17.7 Å². The predicted octanol–water partition coefficient (Wildman–Crippen LogP) is 0.949. The molecule has 1 atom stereocenters. The fraction of sp³-hybridized carbons (Fsp3) is 0.333. The number of methoxy groups -OCH3 is 1. The lowest BCUT2D eigenvalue weighted by Crippen LogP contribution is -2.44. The lowest BCUT2D eigenvalue weighted by Gasteiger charge is -2.21. The summed E-state index contributed by atoms with van der Waals surface area (Å²) in [4.78, 5) is 47.6. The van der Waals surface area contributed by atoms with E-state index in [-0.39, 0.29) is 24.7 Å². The van der Waals surface area contributed by atoms with E-state index < -0.39 is 17.9 Å². The highest BCUT2D eigenvalue weighted by Gasteiger charge is 2.36. The van der Waals surface area contributed by atoms with Gasteiger partial charge in [0.05, 0.1) is 12.7 Å². The van der Waals surface area contributed by atoms with E-state index in [1.165, 1.54) is 26.2 Å². The molecule has 116 valence electrons. The van der Waals surface area contributed by atoms with Crippen LogP contribution in [0.3, 0.4) is 0 Å². The van der Waals surface area contributed by atoms with Crippen molar-refractivity contribution in [2.24, 2.45) is 0 Å². The molecule has 2 rings (SSSR count). The van der Waals surface area contributed by atoms with E-state index in [1.54, 1.807) is 12.1 Å². The maximum absolute atomic E-state index is 12.1. The molecular formula is C15H16N2O5. The summed E-state index contributed by atoms with van der Waals surface area (Å²) in [6, 6.07) is 5.24. The van der Waals surface area contributed by atoms with Crippen LogP contribution in [0.25, 0.3) is 0 Å². The van der Waals surface area contributed by atoms with Gasteiger partial charge in [-0.1, -0.05) is 0 Å². The highest BCUT2D eigenvalue weighted by molar-refractivity contribution is 6.07. The quantitative estimate of drug-likeness (QED) is 0.660. The minimum absolute atomic E-state index is 0.143. The molecule has 7 heteroatoms. The third kappa shape index (κ3) is 3.13. The van der Waals surface area contributed by atoms with Crippen molar-refractivity contribution in [2.45, 2.75) is 25.8 Å². The molecule has 0 radical (unpaired) electrons. The summed E-state index contributed by atoms with van der Waals surface area (Å²) >= 11 is 0. The molecule has 0 aromatic heterocycles. The van der Waals surface area contributed by atoms with Crippen molar-refractivity contribution in [3.63, 3.8) is 0 Å². The Morgan fingerprint density at radius 3 is 2.18 bits per heavy atom. The van der Waals surface area contributed by atoms with Gasteiger partial charge in [0.25, 0.3) is 0 Å². The number of imide groups is 1. The van der Waals surface area contributed by atoms with Crippen molar-refractivity contribution in [3.8, 4) is 0 Å². The second-order valence-corrected chi connectivity index (χ2v) is 4.89. The fourth-order valence-corrected chi connectivity index (χ4v) is 2.20. The molecule has 22 heavy (non-hydrogen) atoms. The van der Waals surface area contributed by atoms with Crippen LogP contribution in [0.5, 0.6) is 0 Å². The fourth-order valence-electron chi connectivity index (χ4n) is 2.20. The number of nitrogens with zero attached hydrogens (tertiary/aromatic N) is 1. The second kappa shape index (κ2) is 6.38. The lowest BCUT2D eigenvalue weighted by molar-refractivity contribution is -0.144. The minimum atomic E-state index is -0.872. The van der Waals surface area contributed by atoms with Gasteiger partial charge in [0, 0.05) is 18.5 Å². The number of hydrogen-bond donors (Lipinski definition) is 1. The summed E-state index contributed by atoms with van der Waals surface area (Å²) in [5.74, 6) is -1.61. The van der Waals surface area contributed by atoms with Crippen LogP contribution in [0.2, 0.25) is 0 Å². The monoisotopic (exact) mass is 304 g/mol. The topological polar surface area (TPSA) is 92.8 Å². The normalized spacial score (nSPS) is 15.6. The van der Waals surface area contributed by atoms with Gasteiger partial charge in [-0.3, -0.25) is 19.3 Å². The average molecular weight is 304 g/mol. The van der Waals surface area contributed by atoms with Gasteiger partial charge in [-0.05, 0) is 31.2 Å². The first kappa shape index (κ1) is 15.7. The number of carbonyl (C=O) groups is 4. The predicted molar refractivity (Wildman–Crippen MR) is 77.0 cm³/mol. The van der Waals surface area contributed by atoms with Crippen LogP contribution in [-0.4, -0.2) is 41.7 Å². The number of likely N-dealkylation sites (tertiary alicyclic amines) is 1. The Labute approximate surface area is 127 Å². The van der Waals surface area contributed by atoms with Gasteiger partial charge in [-0.25, -0.2) is 4.79 Å². The first-order chi connectivity index (χ1) is 10.4. The SMILES string of the molecule is COC(=O)c1ccc(NC(=O)[C@H](C)N2C(=O)CCC2=O)cc1. The number of ether oxygens (including phenoxy) is 1. The molecule has 0 saturated carbocycles. The summed E-state index contributed by atoms with van der Waals surface area (Å²) in [7, 11) is 1.28. The van der Waals surface area contributed by atoms with Crippen LogP contribution < -0.4 is 5.32 Å². The van der Waals surface area contributed by atoms with E-state index in [4.69, 9.17) is 0 Å². The summed E-state index contributed by atoms with van der Waals surface area (Å²) in [5, 5.41) is 2.61. The summed E-state index contributed by atoms with van der Waals surface area (Å²) in [6.45, 7) is 1.50. The highest BCUT2D eigenvalue weighted by Crippen LogP contribution is 2.17. The molecule has 1 N–H and O–H groups in total. The van der Waals surface area contributed by atoms with Crippen LogP contribution in [0.4, 0.5) is 5.69 Å². The third-order valence-corrected chi connectivity index (χ3v) is 3.43. The Morgan fingerprint density at radius 2 is 1.68 bits per heavy atom. The van der Waals surface area contributed by atoms with E-state index >= 15 is 0 Å². The number of nitrogens with one attached hydrogen (secondary N) is 1. The number of esters is 1. The van der Waals surface area contributed by atoms with Crippen LogP contribution >= 0.6 is 0 Å². The molecule has 0 spiro atoms. The van der Waals surface area contributed by atoms with Gasteiger partial charge >= 0.3 is 5.97 Å². The Morgan fingerprint density at radius 1 is 1.14 bits per heavy atom. The molecule has 1 saturated heterocycles. The number of rotatable bonds is 4. The summed E-state index contributed by atoms with van der Waals surface area (Å²) < 4.78 is 4.58. The Hall–Kier alpha value is -2.70. The van der Waals surface area contributed by atoms with Crippen LogP contribution in [0.1, 0.15) is 30.1 Å². The molecule has 1 aliphatic heterocycles. The number of hydrogen-bond acceptors (Lipinski definition) is 5. The van der Waals surface area contributed by atoms with Crippen molar-refractivity contribution >= 4 is 29.4 Å². The molecule has 1 fully saturated rings. The van der Waals surface area contributed by atoms with E-state index in [2.05, 4.69) is 10.1 Å². The first-order valence-electron chi connectivity index (χ1n) is 6.78. The van der Waals surface area contributed by atoms with Crippen LogP contribution in [-0.2, 0) is 19.1 Å². The standard InChI is InChI=1S/C15H16N2O5/c1-9(17-12(18)7-8-13(17)19)14(20)16-11-5-3-10(4-6-11)15(21)22-2/h3-6,9H,7-8H2,1-2H3,(H,16,20)/t9-/m0/s1. The van der Waals surface area contributed by atoms with Crippen molar-refractivity contribution in [1.82, 2.24) is 4.90 Å². The molecule has 0 bridgehead atoms. The summed E-state index contributed by atoms with van der Waals surface area (Å²) in [5.41, 5.74) is 0.821. The zero-order valence-electron chi connectivity index (χ0n) is 12.3. The van der Waals surface area contributed by atoms with Gasteiger partial charge in [-0.15, -0.1) is 0 Å². The largest absolute Gasteiger partial charge is 0.465 e. The number of anilines is 1. The molecule has 0 unspecified atom stereocenters. The van der Waals surface area contributed by atoms with Crippen molar-refractivity contribution < 1.29 is 23.9 Å². The first-order valence-corrected chi connectivity index (χ1v) is 6.78. The molecule has 1 aliphatic rings. The molecular weight excluding hydrogens is 288 g/mol. The zero-order chi connectivity index (χ0) is 16.3. The van der Waals surface area contributed by atoms with Crippen LogP contribution in [0, 0.1) is 0 Å². The maximum Gasteiger partial charge on any atom is 0.337 e. The highest BCUT2D eigenvalue weighted by atomic mass is 16.5. The van der Waals surface area contributed by atoms with Gasteiger partial charge in [0.15, 0.2) is 0 Å². The molecule has 1 aromatic rings. The molecule has 1 heterocycles. The van der Waals surface area contributed by atoms with E-state index in [1.807, 2.05) is 0 Å². The number of benzene rings is 1. The zero-order valence-corrected chi connectivity index (χ0v) is 12.3. The molecule has 1 aromatic carbocycles. The lowest BCUT2D eigenvalue weighted by atomic mass is 10.2. The van der Waals surface area contributed by atoms with E-state index in [9.17, 15) is 19.2 Å². The van der Waals surface area contributed by atoms with Gasteiger partial charge in [-0.2, -0.15) is 0 Å². The Bertz CT molecular complexity index is 607. The summed E-state index contributed by atoms with van der Waals surface area (Å²) in [6.07, 6.45) is 0.286. The maximum atomic E-state index is 12.1. The number of carbonyl (C=O) groups excluding carboxylic acids is 4. The van der Waals surface area contributed by atoms with Crippen LogP contribution in [0.15, 0.2) is 24.3 Å². The van der Waals surface area contributed by atoms with Gasteiger partial charge < -0.3 is 10.1 Å². The van der Waals surface area contributed by atoms with Crippen molar-refractivity contribution in [1.29, 1.82) is 0 Å². The van der Waals surface area contributed by atoms with Gasteiger partial charge in [0.1, 0.15) is 6.04 Å². The second-order valence-electron chi connectivity index (χ2n) is 4.89. The Kier molecular flexibility index (Phi) is 4.55. The van der Waals surface area contributed by atoms with E-state index in [0.717, 1.165) is 4.90 Å².